The zero-order valence-electron chi connectivity index (χ0n) is 10.4. The first-order valence-electron chi connectivity index (χ1n) is 5.40. The number of aryl methyl sites for hydroxylation is 3. The van der Waals surface area contributed by atoms with E-state index in [1.54, 1.807) is 10.9 Å². The van der Waals surface area contributed by atoms with Gasteiger partial charge in [0, 0.05) is 17.6 Å². The van der Waals surface area contributed by atoms with Gasteiger partial charge in [-0.2, -0.15) is 5.10 Å². The number of pyridine rings is 1. The van der Waals surface area contributed by atoms with Crippen LogP contribution in [-0.4, -0.2) is 19.8 Å². The number of halogens is 1. The van der Waals surface area contributed by atoms with Crippen LogP contribution in [0.2, 0.25) is 5.02 Å². The van der Waals surface area contributed by atoms with Crippen molar-refractivity contribution < 1.29 is 0 Å². The van der Waals surface area contributed by atoms with Crippen LogP contribution in [0, 0.1) is 20.8 Å². The molecule has 94 valence electrons. The summed E-state index contributed by atoms with van der Waals surface area (Å²) in [7, 11) is 0. The van der Waals surface area contributed by atoms with E-state index < -0.39 is 0 Å². The minimum Gasteiger partial charge on any atom is -0.389 e. The molecule has 0 aromatic carbocycles. The Hall–Kier alpha value is -1.46. The number of nitrogens with two attached hydrogens (primary N) is 1. The molecule has 0 fully saturated rings. The lowest BCUT2D eigenvalue weighted by Gasteiger charge is -2.12. The molecule has 2 aromatic rings. The third-order valence-electron chi connectivity index (χ3n) is 2.64. The van der Waals surface area contributed by atoms with Gasteiger partial charge in [-0.05, 0) is 26.8 Å². The Morgan fingerprint density at radius 1 is 1.33 bits per heavy atom. The molecule has 0 aliphatic rings. The molecule has 0 aliphatic carbocycles. The highest BCUT2D eigenvalue weighted by Crippen LogP contribution is 2.21. The van der Waals surface area contributed by atoms with Gasteiger partial charge in [0.2, 0.25) is 0 Å². The monoisotopic (exact) mass is 280 g/mol. The Morgan fingerprint density at radius 2 is 2.00 bits per heavy atom. The summed E-state index contributed by atoms with van der Waals surface area (Å²) in [6.45, 7) is 5.64. The van der Waals surface area contributed by atoms with E-state index in [0.717, 1.165) is 28.3 Å². The minimum absolute atomic E-state index is 0.305. The van der Waals surface area contributed by atoms with Gasteiger partial charge in [-0.3, -0.25) is 4.98 Å². The summed E-state index contributed by atoms with van der Waals surface area (Å²) in [5.74, 6) is 0. The first-order valence-corrected chi connectivity index (χ1v) is 6.19. The van der Waals surface area contributed by atoms with Gasteiger partial charge in [0.1, 0.15) is 4.99 Å². The molecular formula is C12H13ClN4S. The average Bonchev–Trinajstić information content (AvgIpc) is 2.57. The largest absolute Gasteiger partial charge is 0.389 e. The molecule has 0 amide bonds. The lowest BCUT2D eigenvalue weighted by atomic mass is 10.1. The fourth-order valence-corrected chi connectivity index (χ4v) is 2.24. The molecule has 0 bridgehead atoms. The Labute approximate surface area is 116 Å². The summed E-state index contributed by atoms with van der Waals surface area (Å²) < 4.78 is 1.69. The van der Waals surface area contributed by atoms with Gasteiger partial charge < -0.3 is 5.73 Å². The second-order valence-electron chi connectivity index (χ2n) is 4.11. The molecule has 4 nitrogen and oxygen atoms in total. The predicted molar refractivity (Wildman–Crippen MR) is 76.5 cm³/mol. The van der Waals surface area contributed by atoms with Crippen molar-refractivity contribution in [2.24, 2.45) is 5.73 Å². The van der Waals surface area contributed by atoms with Crippen molar-refractivity contribution in [2.45, 2.75) is 20.8 Å². The molecule has 2 heterocycles. The number of nitrogens with zero attached hydrogens (tertiary/aromatic N) is 3. The van der Waals surface area contributed by atoms with Crippen LogP contribution in [0.1, 0.15) is 22.6 Å². The topological polar surface area (TPSA) is 56.7 Å². The Morgan fingerprint density at radius 3 is 2.50 bits per heavy atom. The van der Waals surface area contributed by atoms with Crippen LogP contribution >= 0.6 is 23.8 Å². The molecule has 0 radical (unpaired) electrons. The number of thiocarbonyl (C=S) groups is 1. The molecular weight excluding hydrogens is 268 g/mol. The molecule has 0 saturated carbocycles. The summed E-state index contributed by atoms with van der Waals surface area (Å²) >= 11 is 11.1. The average molecular weight is 281 g/mol. The SMILES string of the molecule is Cc1cc(-n2cc(Cl)c(C)n2)c(C(N)=S)c(C)n1. The highest BCUT2D eigenvalue weighted by atomic mass is 35.5. The van der Waals surface area contributed by atoms with Gasteiger partial charge >= 0.3 is 0 Å². The Balaban J connectivity index is 2.73. The van der Waals surface area contributed by atoms with Crippen molar-refractivity contribution in [3.05, 3.63) is 39.9 Å². The maximum Gasteiger partial charge on any atom is 0.108 e. The summed E-state index contributed by atoms with van der Waals surface area (Å²) in [4.78, 5) is 4.67. The maximum atomic E-state index is 6.03. The summed E-state index contributed by atoms with van der Waals surface area (Å²) in [6.07, 6.45) is 1.74. The lowest BCUT2D eigenvalue weighted by Crippen LogP contribution is -2.17. The van der Waals surface area contributed by atoms with Crippen molar-refractivity contribution in [3.63, 3.8) is 0 Å². The molecule has 18 heavy (non-hydrogen) atoms. The van der Waals surface area contributed by atoms with Crippen LogP contribution in [-0.2, 0) is 0 Å². The number of hydrogen-bond acceptors (Lipinski definition) is 3. The first-order chi connectivity index (χ1) is 8.40. The molecule has 0 unspecified atom stereocenters. The van der Waals surface area contributed by atoms with Crippen LogP contribution in [0.25, 0.3) is 5.69 Å². The van der Waals surface area contributed by atoms with E-state index >= 15 is 0 Å². The third kappa shape index (κ3) is 2.23. The van der Waals surface area contributed by atoms with Crippen LogP contribution in [0.3, 0.4) is 0 Å². The molecule has 0 aliphatic heterocycles. The highest BCUT2D eigenvalue weighted by molar-refractivity contribution is 7.80. The Kier molecular flexibility index (Phi) is 3.36. The van der Waals surface area contributed by atoms with Crippen molar-refractivity contribution in [1.29, 1.82) is 0 Å². The van der Waals surface area contributed by atoms with Crippen LogP contribution in [0.5, 0.6) is 0 Å². The van der Waals surface area contributed by atoms with E-state index in [1.165, 1.54) is 0 Å². The zero-order valence-corrected chi connectivity index (χ0v) is 11.9. The van der Waals surface area contributed by atoms with Gasteiger partial charge in [0.25, 0.3) is 0 Å². The standard InChI is InChI=1S/C12H13ClN4S/c1-6-4-10(11(12(14)18)8(3)15-6)17-5-9(13)7(2)16-17/h4-5H,1-3H3,(H2,14,18). The number of hydrogen-bond donors (Lipinski definition) is 1. The van der Waals surface area contributed by atoms with Gasteiger partial charge in [-0.15, -0.1) is 0 Å². The van der Waals surface area contributed by atoms with E-state index in [1.807, 2.05) is 26.8 Å². The summed E-state index contributed by atoms with van der Waals surface area (Å²) in [6, 6.07) is 1.89. The second-order valence-corrected chi connectivity index (χ2v) is 4.96. The van der Waals surface area contributed by atoms with E-state index in [9.17, 15) is 0 Å². The summed E-state index contributed by atoms with van der Waals surface area (Å²) in [5, 5.41) is 4.95. The Bertz CT molecular complexity index is 614. The van der Waals surface area contributed by atoms with Crippen molar-refractivity contribution in [2.75, 3.05) is 0 Å². The normalized spacial score (nSPS) is 10.7. The van der Waals surface area contributed by atoms with Gasteiger partial charge in [-0.1, -0.05) is 23.8 Å². The zero-order chi connectivity index (χ0) is 13.4. The molecule has 0 atom stereocenters. The quantitative estimate of drug-likeness (QED) is 0.859. The van der Waals surface area contributed by atoms with Crippen LogP contribution in [0.4, 0.5) is 0 Å². The van der Waals surface area contributed by atoms with E-state index in [0.29, 0.717) is 10.0 Å². The van der Waals surface area contributed by atoms with Crippen LogP contribution < -0.4 is 5.73 Å². The molecule has 2 rings (SSSR count). The summed E-state index contributed by atoms with van der Waals surface area (Å²) in [5.41, 5.74) is 9.74. The fraction of sp³-hybridized carbons (Fsp3) is 0.250. The fourth-order valence-electron chi connectivity index (χ4n) is 1.86. The lowest BCUT2D eigenvalue weighted by molar-refractivity contribution is 0.852. The predicted octanol–water partition coefficient (Wildman–Crippen LogP) is 2.48. The van der Waals surface area contributed by atoms with E-state index in [-0.39, 0.29) is 0 Å². The molecule has 2 N–H and O–H groups in total. The van der Waals surface area contributed by atoms with E-state index in [2.05, 4.69) is 10.1 Å². The van der Waals surface area contributed by atoms with Gasteiger partial charge in [-0.25, -0.2) is 4.68 Å². The molecule has 0 spiro atoms. The van der Waals surface area contributed by atoms with Crippen molar-refractivity contribution in [3.8, 4) is 5.69 Å². The second kappa shape index (κ2) is 4.66. The molecule has 0 saturated heterocycles. The third-order valence-corrected chi connectivity index (χ3v) is 3.22. The van der Waals surface area contributed by atoms with Crippen molar-refractivity contribution in [1.82, 2.24) is 14.8 Å². The first kappa shape index (κ1) is 13.0. The number of aromatic nitrogens is 3. The maximum absolute atomic E-state index is 6.03. The number of rotatable bonds is 2. The van der Waals surface area contributed by atoms with Gasteiger partial charge in [0.05, 0.1) is 22.0 Å². The minimum atomic E-state index is 0.305. The van der Waals surface area contributed by atoms with Gasteiger partial charge in [0.15, 0.2) is 0 Å². The van der Waals surface area contributed by atoms with Crippen LogP contribution in [0.15, 0.2) is 12.3 Å². The van der Waals surface area contributed by atoms with E-state index in [4.69, 9.17) is 29.6 Å². The highest BCUT2D eigenvalue weighted by Gasteiger charge is 2.14. The molecule has 2 aromatic heterocycles. The smallest absolute Gasteiger partial charge is 0.108 e. The molecule has 6 heteroatoms. The van der Waals surface area contributed by atoms with Crippen molar-refractivity contribution >= 4 is 28.8 Å².